The summed E-state index contributed by atoms with van der Waals surface area (Å²) in [5, 5.41) is 6.45. The summed E-state index contributed by atoms with van der Waals surface area (Å²) in [5.41, 5.74) is 0.619. The summed E-state index contributed by atoms with van der Waals surface area (Å²) in [6.07, 6.45) is 1.34. The van der Waals surface area contributed by atoms with E-state index >= 15 is 0 Å². The average molecular weight is 252 g/mol. The van der Waals surface area contributed by atoms with Crippen LogP contribution in [0, 0.1) is 0 Å². The van der Waals surface area contributed by atoms with E-state index in [1.54, 1.807) is 18.2 Å². The van der Waals surface area contributed by atoms with Gasteiger partial charge in [-0.3, -0.25) is 0 Å². The van der Waals surface area contributed by atoms with E-state index < -0.39 is 10.0 Å². The first-order valence-electron chi connectivity index (χ1n) is 3.54. The zero-order chi connectivity index (χ0) is 10.8. The fraction of sp³-hybridized carbons (Fsp3) is 0. The molecule has 1 rings (SSSR count). The third-order valence-corrected chi connectivity index (χ3v) is 2.65. The molecule has 6 heteroatoms. The Hall–Kier alpha value is -0.550. The lowest BCUT2D eigenvalue weighted by molar-refractivity contribution is 0.606. The highest BCUT2D eigenvalue weighted by Crippen LogP contribution is 2.23. The van der Waals surface area contributed by atoms with Gasteiger partial charge in [0.2, 0.25) is 10.0 Å². The molecule has 0 unspecified atom stereocenters. The van der Waals surface area contributed by atoms with Gasteiger partial charge in [-0.2, -0.15) is 0 Å². The number of halogens is 2. The Labute approximate surface area is 92.2 Å². The predicted molar refractivity (Wildman–Crippen MR) is 58.6 cm³/mol. The highest BCUT2D eigenvalue weighted by molar-refractivity contribution is 7.92. The molecule has 14 heavy (non-hydrogen) atoms. The minimum atomic E-state index is -3.60. The van der Waals surface area contributed by atoms with E-state index in [2.05, 4.69) is 0 Å². The van der Waals surface area contributed by atoms with Crippen molar-refractivity contribution in [2.45, 2.75) is 0 Å². The van der Waals surface area contributed by atoms with Gasteiger partial charge < -0.3 is 0 Å². The van der Waals surface area contributed by atoms with Crippen LogP contribution < -0.4 is 5.14 Å². The summed E-state index contributed by atoms with van der Waals surface area (Å²) >= 11 is 11.4. The maximum absolute atomic E-state index is 10.6. The highest BCUT2D eigenvalue weighted by atomic mass is 35.5. The fourth-order valence-electron chi connectivity index (χ4n) is 0.789. The first-order chi connectivity index (χ1) is 6.38. The zero-order valence-corrected chi connectivity index (χ0v) is 9.27. The zero-order valence-electron chi connectivity index (χ0n) is 6.94. The second-order valence-electron chi connectivity index (χ2n) is 2.57. The van der Waals surface area contributed by atoms with Crippen molar-refractivity contribution in [2.24, 2.45) is 5.14 Å². The molecule has 3 nitrogen and oxygen atoms in total. The second-order valence-corrected chi connectivity index (χ2v) is 4.83. The molecule has 0 saturated carbocycles. The molecule has 0 spiro atoms. The van der Waals surface area contributed by atoms with Crippen LogP contribution in [0.2, 0.25) is 10.0 Å². The molecule has 0 aromatic heterocycles. The first-order valence-corrected chi connectivity index (χ1v) is 5.91. The quantitative estimate of drug-likeness (QED) is 0.877. The lowest BCUT2D eigenvalue weighted by Crippen LogP contribution is -2.06. The molecule has 0 saturated heterocycles. The number of sulfonamides is 1. The lowest BCUT2D eigenvalue weighted by Gasteiger charge is -1.96. The average Bonchev–Trinajstić information content (AvgIpc) is 2.06. The SMILES string of the molecule is NS(=O)(=O)/C=C/c1ccc(Cl)c(Cl)c1. The maximum atomic E-state index is 10.6. The Bertz CT molecular complexity index is 468. The number of primary sulfonamides is 1. The van der Waals surface area contributed by atoms with Crippen molar-refractivity contribution in [3.63, 3.8) is 0 Å². The van der Waals surface area contributed by atoms with Gasteiger partial charge in [-0.15, -0.1) is 0 Å². The van der Waals surface area contributed by atoms with Crippen molar-refractivity contribution in [1.29, 1.82) is 0 Å². The maximum Gasteiger partial charge on any atom is 0.231 e. The third kappa shape index (κ3) is 3.67. The largest absolute Gasteiger partial charge is 0.231 e. The van der Waals surface area contributed by atoms with Gasteiger partial charge >= 0.3 is 0 Å². The van der Waals surface area contributed by atoms with E-state index in [4.69, 9.17) is 28.3 Å². The monoisotopic (exact) mass is 251 g/mol. The summed E-state index contributed by atoms with van der Waals surface area (Å²) < 4.78 is 21.2. The van der Waals surface area contributed by atoms with Crippen molar-refractivity contribution >= 4 is 39.3 Å². The summed E-state index contributed by atoms with van der Waals surface area (Å²) in [6, 6.07) is 4.76. The molecule has 0 amide bonds. The molecule has 1 aromatic carbocycles. The first kappa shape index (κ1) is 11.5. The van der Waals surface area contributed by atoms with Gasteiger partial charge in [-0.05, 0) is 23.8 Å². The van der Waals surface area contributed by atoms with Gasteiger partial charge in [0.15, 0.2) is 0 Å². The predicted octanol–water partition coefficient (Wildman–Crippen LogP) is 2.25. The van der Waals surface area contributed by atoms with Crippen molar-refractivity contribution in [1.82, 2.24) is 0 Å². The molecule has 0 bridgehead atoms. The van der Waals surface area contributed by atoms with E-state index in [0.29, 0.717) is 15.6 Å². The molecule has 2 N–H and O–H groups in total. The standard InChI is InChI=1S/C8H7Cl2NO2S/c9-7-2-1-6(5-8(7)10)3-4-14(11,12)13/h1-5H,(H2,11,12,13)/b4-3+. The van der Waals surface area contributed by atoms with Crippen molar-refractivity contribution in [3.8, 4) is 0 Å². The Morgan fingerprint density at radius 3 is 2.36 bits per heavy atom. The van der Waals surface area contributed by atoms with Crippen LogP contribution in [-0.2, 0) is 10.0 Å². The Balaban J connectivity index is 3.00. The second kappa shape index (κ2) is 4.31. The smallest absolute Gasteiger partial charge is 0.225 e. The number of benzene rings is 1. The molecule has 0 aliphatic carbocycles. The Kier molecular flexibility index (Phi) is 3.55. The van der Waals surface area contributed by atoms with Crippen LogP contribution in [0.25, 0.3) is 6.08 Å². The molecule has 0 aliphatic rings. The van der Waals surface area contributed by atoms with Crippen molar-refractivity contribution < 1.29 is 8.42 Å². The minimum absolute atomic E-state index is 0.364. The molecule has 1 aromatic rings. The molecule has 0 radical (unpaired) electrons. The van der Waals surface area contributed by atoms with Crippen LogP contribution in [-0.4, -0.2) is 8.42 Å². The number of hydrogen-bond donors (Lipinski definition) is 1. The summed E-state index contributed by atoms with van der Waals surface area (Å²) in [5.74, 6) is 0. The van der Waals surface area contributed by atoms with Crippen molar-refractivity contribution in [3.05, 3.63) is 39.2 Å². The fourth-order valence-corrected chi connectivity index (χ4v) is 1.44. The van der Waals surface area contributed by atoms with E-state index in [1.165, 1.54) is 6.08 Å². The summed E-state index contributed by atoms with van der Waals surface area (Å²) in [6.45, 7) is 0. The summed E-state index contributed by atoms with van der Waals surface area (Å²) in [7, 11) is -3.60. The molecule has 0 aliphatic heterocycles. The van der Waals surface area contributed by atoms with Gasteiger partial charge in [0.1, 0.15) is 0 Å². The lowest BCUT2D eigenvalue weighted by atomic mass is 10.2. The molecule has 76 valence electrons. The Morgan fingerprint density at radius 1 is 1.21 bits per heavy atom. The van der Waals surface area contributed by atoms with E-state index in [-0.39, 0.29) is 0 Å². The van der Waals surface area contributed by atoms with Crippen LogP contribution >= 0.6 is 23.2 Å². The molecule has 0 fully saturated rings. The van der Waals surface area contributed by atoms with Crippen LogP contribution in [0.3, 0.4) is 0 Å². The van der Waals surface area contributed by atoms with E-state index in [0.717, 1.165) is 5.41 Å². The number of hydrogen-bond acceptors (Lipinski definition) is 2. The molecule has 0 heterocycles. The third-order valence-electron chi connectivity index (χ3n) is 1.39. The van der Waals surface area contributed by atoms with Crippen LogP contribution in [0.5, 0.6) is 0 Å². The molecular weight excluding hydrogens is 245 g/mol. The van der Waals surface area contributed by atoms with E-state index in [9.17, 15) is 8.42 Å². The van der Waals surface area contributed by atoms with Gasteiger partial charge in [-0.1, -0.05) is 29.3 Å². The van der Waals surface area contributed by atoms with Gasteiger partial charge in [0.05, 0.1) is 10.0 Å². The van der Waals surface area contributed by atoms with Crippen molar-refractivity contribution in [2.75, 3.05) is 0 Å². The number of nitrogens with two attached hydrogens (primary N) is 1. The normalized spacial score (nSPS) is 12.2. The molecular formula is C8H7Cl2NO2S. The summed E-state index contributed by atoms with van der Waals surface area (Å²) in [4.78, 5) is 0. The van der Waals surface area contributed by atoms with Crippen LogP contribution in [0.4, 0.5) is 0 Å². The van der Waals surface area contributed by atoms with E-state index in [1.807, 2.05) is 0 Å². The van der Waals surface area contributed by atoms with Gasteiger partial charge in [0.25, 0.3) is 0 Å². The Morgan fingerprint density at radius 2 is 1.86 bits per heavy atom. The topological polar surface area (TPSA) is 60.2 Å². The number of rotatable bonds is 2. The molecule has 0 atom stereocenters. The van der Waals surface area contributed by atoms with Crippen LogP contribution in [0.1, 0.15) is 5.56 Å². The van der Waals surface area contributed by atoms with Gasteiger partial charge in [-0.25, -0.2) is 13.6 Å². The minimum Gasteiger partial charge on any atom is -0.225 e. The van der Waals surface area contributed by atoms with Gasteiger partial charge in [0, 0.05) is 5.41 Å². The highest BCUT2D eigenvalue weighted by Gasteiger charge is 1.98. The van der Waals surface area contributed by atoms with Crippen LogP contribution in [0.15, 0.2) is 23.6 Å².